The molecular formula is C78H137N2O6P. The van der Waals surface area contributed by atoms with Crippen molar-refractivity contribution in [2.45, 2.75) is 315 Å². The standard InChI is InChI=1S/C78H137N2O6P/c1-6-8-10-12-14-16-18-20-22-24-26-28-30-32-34-36-38-39-40-41-42-44-46-48-50-52-54-56-58-60-62-64-66-68-70-72-78(82)79-76(75-86-87(83,84)85-74-73-80(3,4)5)77(81)71-69-67-65-63-61-59-57-55-53-51-49-47-45-43-37-35-33-31-29-27-25-23-21-19-17-15-13-11-9-7-2/h8,10,14,16,20,22,26,28,32,34,38-39,41-42,46,48,53,55,61,63,69,71,76-77,81H,6-7,9,11-13,15,17-19,21,23-25,27,29-31,33,35-37,40,43-45,47,49-52,54,56-60,62,64-68,70,72-75H2,1-5H3,(H-,79,82,83,84)/b10-8-,16-14-,22-20-,28-26-,34-32-,39-38-,42-41-,48-46-,55-53+,63-61+,71-69+. The number of hydrogen-bond donors (Lipinski definition) is 2. The average Bonchev–Trinajstić information content (AvgIpc) is 3.70. The number of aliphatic hydroxyl groups excluding tert-OH is 1. The van der Waals surface area contributed by atoms with Gasteiger partial charge in [-0.05, 0) is 109 Å². The van der Waals surface area contributed by atoms with Crippen molar-refractivity contribution in [1.82, 2.24) is 5.32 Å². The first-order valence-electron chi connectivity index (χ1n) is 36.0. The number of nitrogens with one attached hydrogen (secondary N) is 1. The summed E-state index contributed by atoms with van der Waals surface area (Å²) in [6, 6.07) is -0.924. The third-order valence-electron chi connectivity index (χ3n) is 15.6. The molecule has 0 heterocycles. The minimum absolute atomic E-state index is 0.0160. The van der Waals surface area contributed by atoms with Gasteiger partial charge in [-0.3, -0.25) is 9.36 Å². The number of likely N-dealkylation sites (N-methyl/N-ethyl adjacent to an activating group) is 1. The largest absolute Gasteiger partial charge is 0.756 e. The van der Waals surface area contributed by atoms with Crippen LogP contribution in [0.2, 0.25) is 0 Å². The summed E-state index contributed by atoms with van der Waals surface area (Å²) in [6.07, 6.45) is 102. The molecular weight excluding hydrogens is 1090 g/mol. The molecule has 0 rings (SSSR count). The number of hydrogen-bond acceptors (Lipinski definition) is 6. The molecule has 1 amide bonds. The van der Waals surface area contributed by atoms with Gasteiger partial charge >= 0.3 is 0 Å². The number of rotatable bonds is 65. The van der Waals surface area contributed by atoms with Gasteiger partial charge < -0.3 is 28.8 Å². The van der Waals surface area contributed by atoms with E-state index in [9.17, 15) is 19.4 Å². The Morgan fingerprint density at radius 1 is 0.414 bits per heavy atom. The first-order chi connectivity index (χ1) is 42.5. The average molecular weight is 1230 g/mol. The Balaban J connectivity index is 4.18. The predicted molar refractivity (Wildman–Crippen MR) is 380 cm³/mol. The molecule has 0 bridgehead atoms. The quantitative estimate of drug-likeness (QED) is 0.0272. The molecule has 0 saturated heterocycles. The SMILES string of the molecule is CC/C=C\C/C=C\C/C=C\C/C=C\C/C=C\C/C=C\C/C=C\C/C=C\CCCCCCCCCCCCC(=O)NC(COP(=O)([O-])OCC[N+](C)(C)C)C(O)/C=C/CC/C=C/CC/C=C/CCCCCCCCCCCCCCCCCCCCCC. The molecule has 0 aromatic carbocycles. The summed E-state index contributed by atoms with van der Waals surface area (Å²) >= 11 is 0. The number of allylic oxidation sites excluding steroid dienone is 21. The van der Waals surface area contributed by atoms with Crippen LogP contribution in [0.25, 0.3) is 0 Å². The van der Waals surface area contributed by atoms with Gasteiger partial charge in [-0.1, -0.05) is 321 Å². The first-order valence-corrected chi connectivity index (χ1v) is 37.5. The zero-order valence-electron chi connectivity index (χ0n) is 57.2. The van der Waals surface area contributed by atoms with Crippen molar-refractivity contribution in [3.8, 4) is 0 Å². The highest BCUT2D eigenvalue weighted by Crippen LogP contribution is 2.38. The Kier molecular flexibility index (Phi) is 64.5. The van der Waals surface area contributed by atoms with Crippen molar-refractivity contribution in [2.24, 2.45) is 0 Å². The van der Waals surface area contributed by atoms with Crippen molar-refractivity contribution < 1.29 is 32.9 Å². The third kappa shape index (κ3) is 70.0. The lowest BCUT2D eigenvalue weighted by Crippen LogP contribution is -2.45. The number of phosphoric ester groups is 1. The van der Waals surface area contributed by atoms with Crippen LogP contribution in [0.3, 0.4) is 0 Å². The van der Waals surface area contributed by atoms with Gasteiger partial charge in [-0.25, -0.2) is 0 Å². The highest BCUT2D eigenvalue weighted by atomic mass is 31.2. The maximum Gasteiger partial charge on any atom is 0.268 e. The molecule has 0 aliphatic heterocycles. The van der Waals surface area contributed by atoms with Gasteiger partial charge in [0.25, 0.3) is 7.82 Å². The van der Waals surface area contributed by atoms with E-state index < -0.39 is 26.6 Å². The molecule has 87 heavy (non-hydrogen) atoms. The van der Waals surface area contributed by atoms with E-state index in [4.69, 9.17) is 9.05 Å². The monoisotopic (exact) mass is 1230 g/mol. The summed E-state index contributed by atoms with van der Waals surface area (Å²) in [7, 11) is 1.22. The minimum Gasteiger partial charge on any atom is -0.756 e. The summed E-state index contributed by atoms with van der Waals surface area (Å²) in [4.78, 5) is 25.6. The highest BCUT2D eigenvalue weighted by molar-refractivity contribution is 7.45. The molecule has 0 aromatic heterocycles. The van der Waals surface area contributed by atoms with Gasteiger partial charge in [-0.15, -0.1) is 0 Å². The van der Waals surface area contributed by atoms with E-state index in [1.165, 1.54) is 173 Å². The maximum absolute atomic E-state index is 13.0. The second-order valence-electron chi connectivity index (χ2n) is 25.2. The summed E-state index contributed by atoms with van der Waals surface area (Å²) in [6.45, 7) is 4.52. The normalized spacial score (nSPS) is 14.4. The van der Waals surface area contributed by atoms with Crippen molar-refractivity contribution in [1.29, 1.82) is 0 Å². The smallest absolute Gasteiger partial charge is 0.268 e. The number of phosphoric acid groups is 1. The lowest BCUT2D eigenvalue weighted by molar-refractivity contribution is -0.870. The number of aliphatic hydroxyl groups is 1. The molecule has 0 aliphatic carbocycles. The molecule has 0 spiro atoms. The van der Waals surface area contributed by atoms with E-state index in [0.717, 1.165) is 109 Å². The molecule has 0 saturated carbocycles. The molecule has 0 aliphatic rings. The zero-order chi connectivity index (χ0) is 63.4. The molecule has 0 fully saturated rings. The van der Waals surface area contributed by atoms with Gasteiger partial charge in [-0.2, -0.15) is 0 Å². The van der Waals surface area contributed by atoms with E-state index in [0.29, 0.717) is 17.4 Å². The van der Waals surface area contributed by atoms with Crippen LogP contribution >= 0.6 is 7.82 Å². The fourth-order valence-corrected chi connectivity index (χ4v) is 10.7. The van der Waals surface area contributed by atoms with Crippen LogP contribution in [-0.2, 0) is 18.4 Å². The van der Waals surface area contributed by atoms with Crippen molar-refractivity contribution >= 4 is 13.7 Å². The van der Waals surface area contributed by atoms with Crippen LogP contribution in [0.5, 0.6) is 0 Å². The second-order valence-corrected chi connectivity index (χ2v) is 26.6. The summed E-state index contributed by atoms with van der Waals surface area (Å²) < 4.78 is 23.4. The lowest BCUT2D eigenvalue weighted by atomic mass is 10.0. The number of nitrogens with zero attached hydrogens (tertiary/aromatic N) is 1. The van der Waals surface area contributed by atoms with Gasteiger partial charge in [0, 0.05) is 6.42 Å². The Morgan fingerprint density at radius 3 is 1.07 bits per heavy atom. The predicted octanol–water partition coefficient (Wildman–Crippen LogP) is 22.8. The van der Waals surface area contributed by atoms with Crippen molar-refractivity contribution in [3.63, 3.8) is 0 Å². The molecule has 0 aromatic rings. The van der Waals surface area contributed by atoms with E-state index in [2.05, 4.69) is 141 Å². The second kappa shape index (κ2) is 67.0. The number of quaternary nitrogens is 1. The van der Waals surface area contributed by atoms with Crippen LogP contribution in [0.15, 0.2) is 134 Å². The first kappa shape index (κ1) is 83.6. The summed E-state index contributed by atoms with van der Waals surface area (Å²) in [5.41, 5.74) is 0. The van der Waals surface area contributed by atoms with E-state index >= 15 is 0 Å². The molecule has 0 radical (unpaired) electrons. The van der Waals surface area contributed by atoms with E-state index in [1.54, 1.807) is 6.08 Å². The van der Waals surface area contributed by atoms with Gasteiger partial charge in [0.2, 0.25) is 5.91 Å². The van der Waals surface area contributed by atoms with Crippen LogP contribution in [0, 0.1) is 0 Å². The molecule has 9 heteroatoms. The van der Waals surface area contributed by atoms with Crippen molar-refractivity contribution in [3.05, 3.63) is 134 Å². The van der Waals surface area contributed by atoms with Crippen molar-refractivity contribution in [2.75, 3.05) is 40.9 Å². The minimum atomic E-state index is -4.63. The zero-order valence-corrected chi connectivity index (χ0v) is 58.1. The van der Waals surface area contributed by atoms with Gasteiger partial charge in [0.15, 0.2) is 0 Å². The Labute approximate surface area is 538 Å². The van der Waals surface area contributed by atoms with Crippen LogP contribution < -0.4 is 10.2 Å². The fourth-order valence-electron chi connectivity index (χ4n) is 10.0. The summed E-state index contributed by atoms with van der Waals surface area (Å²) in [5, 5.41) is 13.9. The van der Waals surface area contributed by atoms with Gasteiger partial charge in [0.1, 0.15) is 13.2 Å². The van der Waals surface area contributed by atoms with E-state index in [1.807, 2.05) is 27.2 Å². The maximum atomic E-state index is 13.0. The van der Waals surface area contributed by atoms with Crippen LogP contribution in [0.4, 0.5) is 0 Å². The third-order valence-corrected chi connectivity index (χ3v) is 16.5. The topological polar surface area (TPSA) is 108 Å². The van der Waals surface area contributed by atoms with E-state index in [-0.39, 0.29) is 12.5 Å². The molecule has 3 unspecified atom stereocenters. The Hall–Kier alpha value is -3.36. The number of carbonyl (C=O) groups excluding carboxylic acids is 1. The fraction of sp³-hybridized carbons (Fsp3) is 0.705. The Bertz CT molecular complexity index is 1880. The lowest BCUT2D eigenvalue weighted by Gasteiger charge is -2.29. The molecule has 2 N–H and O–H groups in total. The molecule has 500 valence electrons. The number of amides is 1. The van der Waals surface area contributed by atoms with Crippen LogP contribution in [-0.4, -0.2) is 68.5 Å². The van der Waals surface area contributed by atoms with Crippen LogP contribution in [0.1, 0.15) is 303 Å². The molecule has 8 nitrogen and oxygen atoms in total. The number of unbranched alkanes of at least 4 members (excludes halogenated alkanes) is 32. The van der Waals surface area contributed by atoms with Gasteiger partial charge in [0.05, 0.1) is 39.9 Å². The molecule has 3 atom stereocenters. The number of carbonyl (C=O) groups is 1. The summed E-state index contributed by atoms with van der Waals surface area (Å²) in [5.74, 6) is -0.219. The highest BCUT2D eigenvalue weighted by Gasteiger charge is 2.23. The Morgan fingerprint density at radius 2 is 0.713 bits per heavy atom.